The molecule has 2 rings (SSSR count). The molecule has 0 spiro atoms. The Labute approximate surface area is 110 Å². The van der Waals surface area contributed by atoms with Crippen LogP contribution in [0.25, 0.3) is 0 Å². The monoisotopic (exact) mass is 253 g/mol. The molecule has 1 amide bonds. The molecule has 1 aliphatic carbocycles. The summed E-state index contributed by atoms with van der Waals surface area (Å²) in [6, 6.07) is 0.578. The van der Waals surface area contributed by atoms with Gasteiger partial charge in [0.15, 0.2) is 0 Å². The number of nitrogens with two attached hydrogens (primary N) is 1. The Morgan fingerprint density at radius 2 is 2.06 bits per heavy atom. The summed E-state index contributed by atoms with van der Waals surface area (Å²) in [7, 11) is 2.12. The first-order chi connectivity index (χ1) is 8.65. The standard InChI is InChI=1S/C14H27N3O/c1-17-8-4-6-12(10-17)16-14(18)9-11-5-2-3-7-13(11)15/h11-13H,2-10,15H2,1H3,(H,16,18). The maximum Gasteiger partial charge on any atom is 0.220 e. The van der Waals surface area contributed by atoms with Gasteiger partial charge in [0.1, 0.15) is 0 Å². The summed E-state index contributed by atoms with van der Waals surface area (Å²) in [6.07, 6.45) is 7.60. The van der Waals surface area contributed by atoms with Gasteiger partial charge in [0.2, 0.25) is 5.91 Å². The highest BCUT2D eigenvalue weighted by Crippen LogP contribution is 2.25. The third kappa shape index (κ3) is 3.95. The highest BCUT2D eigenvalue weighted by atomic mass is 16.1. The number of amides is 1. The number of likely N-dealkylation sites (N-methyl/N-ethyl adjacent to an activating group) is 1. The van der Waals surface area contributed by atoms with Crippen molar-refractivity contribution >= 4 is 5.91 Å². The van der Waals surface area contributed by atoms with E-state index in [1.165, 1.54) is 19.3 Å². The summed E-state index contributed by atoms with van der Waals surface area (Å²) in [5.41, 5.74) is 6.09. The van der Waals surface area contributed by atoms with E-state index in [1.807, 2.05) is 0 Å². The largest absolute Gasteiger partial charge is 0.352 e. The van der Waals surface area contributed by atoms with Crippen molar-refractivity contribution in [3.63, 3.8) is 0 Å². The fourth-order valence-corrected chi connectivity index (χ4v) is 3.30. The molecule has 3 unspecified atom stereocenters. The minimum atomic E-state index is 0.206. The van der Waals surface area contributed by atoms with Gasteiger partial charge >= 0.3 is 0 Å². The molecular weight excluding hydrogens is 226 g/mol. The first kappa shape index (κ1) is 13.8. The van der Waals surface area contributed by atoms with E-state index in [-0.39, 0.29) is 11.9 Å². The molecule has 3 N–H and O–H groups in total. The second-order valence-corrected chi connectivity index (χ2v) is 6.08. The molecule has 18 heavy (non-hydrogen) atoms. The number of hydrogen-bond acceptors (Lipinski definition) is 3. The average molecular weight is 253 g/mol. The van der Waals surface area contributed by atoms with Crippen LogP contribution in [-0.4, -0.2) is 43.0 Å². The van der Waals surface area contributed by atoms with E-state index in [9.17, 15) is 4.79 Å². The van der Waals surface area contributed by atoms with Gasteiger partial charge in [-0.25, -0.2) is 0 Å². The zero-order valence-electron chi connectivity index (χ0n) is 11.5. The predicted octanol–water partition coefficient (Wildman–Crippen LogP) is 1.10. The Morgan fingerprint density at radius 1 is 1.28 bits per heavy atom. The van der Waals surface area contributed by atoms with Gasteiger partial charge in [-0.15, -0.1) is 0 Å². The van der Waals surface area contributed by atoms with Gasteiger partial charge in [0.25, 0.3) is 0 Å². The molecule has 1 saturated heterocycles. The maximum absolute atomic E-state index is 12.0. The number of carbonyl (C=O) groups excluding carboxylic acids is 1. The summed E-state index contributed by atoms with van der Waals surface area (Å²) in [6.45, 7) is 2.14. The first-order valence-corrected chi connectivity index (χ1v) is 7.38. The minimum Gasteiger partial charge on any atom is -0.352 e. The van der Waals surface area contributed by atoms with Crippen LogP contribution in [0.5, 0.6) is 0 Å². The summed E-state index contributed by atoms with van der Waals surface area (Å²) < 4.78 is 0. The summed E-state index contributed by atoms with van der Waals surface area (Å²) in [5.74, 6) is 0.609. The third-order valence-corrected chi connectivity index (χ3v) is 4.41. The normalized spacial score (nSPS) is 34.2. The zero-order valence-corrected chi connectivity index (χ0v) is 11.5. The van der Waals surface area contributed by atoms with Crippen molar-refractivity contribution in [1.82, 2.24) is 10.2 Å². The second kappa shape index (κ2) is 6.53. The van der Waals surface area contributed by atoms with Crippen LogP contribution in [0.3, 0.4) is 0 Å². The van der Waals surface area contributed by atoms with Crippen LogP contribution in [0.15, 0.2) is 0 Å². The highest BCUT2D eigenvalue weighted by molar-refractivity contribution is 5.76. The summed E-state index contributed by atoms with van der Waals surface area (Å²) in [4.78, 5) is 14.3. The van der Waals surface area contributed by atoms with Crippen molar-refractivity contribution in [1.29, 1.82) is 0 Å². The van der Waals surface area contributed by atoms with Crippen LogP contribution in [0, 0.1) is 5.92 Å². The average Bonchev–Trinajstić information content (AvgIpc) is 2.32. The molecule has 1 aliphatic heterocycles. The van der Waals surface area contributed by atoms with Crippen LogP contribution in [0.4, 0.5) is 0 Å². The van der Waals surface area contributed by atoms with E-state index in [4.69, 9.17) is 5.73 Å². The van der Waals surface area contributed by atoms with Gasteiger partial charge < -0.3 is 16.0 Å². The van der Waals surface area contributed by atoms with E-state index in [0.29, 0.717) is 18.4 Å². The topological polar surface area (TPSA) is 58.4 Å². The Bertz CT molecular complexity index is 282. The number of hydrogen-bond donors (Lipinski definition) is 2. The second-order valence-electron chi connectivity index (χ2n) is 6.08. The number of piperidine rings is 1. The molecule has 4 nitrogen and oxygen atoms in total. The molecular formula is C14H27N3O. The maximum atomic E-state index is 12.0. The van der Waals surface area contributed by atoms with E-state index in [0.717, 1.165) is 32.4 Å². The minimum absolute atomic E-state index is 0.206. The molecule has 3 atom stereocenters. The lowest BCUT2D eigenvalue weighted by Crippen LogP contribution is -2.47. The van der Waals surface area contributed by atoms with Crippen LogP contribution < -0.4 is 11.1 Å². The lowest BCUT2D eigenvalue weighted by atomic mass is 9.83. The number of rotatable bonds is 3. The fraction of sp³-hybridized carbons (Fsp3) is 0.929. The van der Waals surface area contributed by atoms with Crippen molar-refractivity contribution in [3.8, 4) is 0 Å². The van der Waals surface area contributed by atoms with Gasteiger partial charge in [-0.05, 0) is 45.2 Å². The van der Waals surface area contributed by atoms with E-state index < -0.39 is 0 Å². The molecule has 0 bridgehead atoms. The van der Waals surface area contributed by atoms with Gasteiger partial charge in [0.05, 0.1) is 0 Å². The molecule has 0 aromatic heterocycles. The Kier molecular flexibility index (Phi) is 5.01. The van der Waals surface area contributed by atoms with E-state index in [1.54, 1.807) is 0 Å². The molecule has 2 aliphatic rings. The van der Waals surface area contributed by atoms with Crippen molar-refractivity contribution in [2.45, 2.75) is 57.0 Å². The zero-order chi connectivity index (χ0) is 13.0. The number of nitrogens with zero attached hydrogens (tertiary/aromatic N) is 1. The van der Waals surface area contributed by atoms with Crippen LogP contribution in [0.1, 0.15) is 44.9 Å². The molecule has 104 valence electrons. The number of carbonyl (C=O) groups is 1. The van der Waals surface area contributed by atoms with Gasteiger partial charge in [-0.1, -0.05) is 12.8 Å². The fourth-order valence-electron chi connectivity index (χ4n) is 3.30. The molecule has 4 heteroatoms. The van der Waals surface area contributed by atoms with Gasteiger partial charge in [-0.3, -0.25) is 4.79 Å². The van der Waals surface area contributed by atoms with Gasteiger partial charge in [-0.2, -0.15) is 0 Å². The molecule has 1 heterocycles. The Balaban J connectivity index is 1.74. The summed E-state index contributed by atoms with van der Waals surface area (Å²) >= 11 is 0. The van der Waals surface area contributed by atoms with Crippen LogP contribution >= 0.6 is 0 Å². The molecule has 0 aromatic rings. The van der Waals surface area contributed by atoms with Crippen molar-refractivity contribution < 1.29 is 4.79 Å². The Morgan fingerprint density at radius 3 is 2.78 bits per heavy atom. The quantitative estimate of drug-likeness (QED) is 0.792. The lowest BCUT2D eigenvalue weighted by molar-refractivity contribution is -0.123. The van der Waals surface area contributed by atoms with E-state index >= 15 is 0 Å². The van der Waals surface area contributed by atoms with Crippen LogP contribution in [-0.2, 0) is 4.79 Å². The number of nitrogens with one attached hydrogen (secondary N) is 1. The van der Waals surface area contributed by atoms with Gasteiger partial charge in [0, 0.05) is 25.0 Å². The highest BCUT2D eigenvalue weighted by Gasteiger charge is 2.25. The van der Waals surface area contributed by atoms with Crippen molar-refractivity contribution in [2.24, 2.45) is 11.7 Å². The molecule has 0 radical (unpaired) electrons. The van der Waals surface area contributed by atoms with Crippen molar-refractivity contribution in [2.75, 3.05) is 20.1 Å². The Hall–Kier alpha value is -0.610. The smallest absolute Gasteiger partial charge is 0.220 e. The van der Waals surface area contributed by atoms with Crippen LogP contribution in [0.2, 0.25) is 0 Å². The lowest BCUT2D eigenvalue weighted by Gasteiger charge is -2.32. The summed E-state index contributed by atoms with van der Waals surface area (Å²) in [5, 5.41) is 3.18. The molecule has 2 fully saturated rings. The van der Waals surface area contributed by atoms with Crippen molar-refractivity contribution in [3.05, 3.63) is 0 Å². The molecule has 1 saturated carbocycles. The third-order valence-electron chi connectivity index (χ3n) is 4.41. The SMILES string of the molecule is CN1CCCC(NC(=O)CC2CCCCC2N)C1. The first-order valence-electron chi connectivity index (χ1n) is 7.38. The van der Waals surface area contributed by atoms with E-state index in [2.05, 4.69) is 17.3 Å². The molecule has 0 aromatic carbocycles. The number of likely N-dealkylation sites (tertiary alicyclic amines) is 1. The predicted molar refractivity (Wildman–Crippen MR) is 73.2 cm³/mol.